The highest BCUT2D eigenvalue weighted by molar-refractivity contribution is 5.85. The zero-order valence-electron chi connectivity index (χ0n) is 11.1. The monoisotopic (exact) mass is 234 g/mol. The van der Waals surface area contributed by atoms with Crippen molar-refractivity contribution in [1.82, 2.24) is 0 Å². The molecular formula is C16H26O. The Bertz CT molecular complexity index is 293. The SMILES string of the molecule is O=C1CCC2(CCCCC2)CC12CCCCC2. The van der Waals surface area contributed by atoms with Gasteiger partial charge >= 0.3 is 0 Å². The van der Waals surface area contributed by atoms with Gasteiger partial charge in [-0.1, -0.05) is 38.5 Å². The lowest BCUT2D eigenvalue weighted by molar-refractivity contribution is -0.139. The molecule has 0 N–H and O–H groups in total. The Labute approximate surface area is 105 Å². The Morgan fingerprint density at radius 3 is 1.94 bits per heavy atom. The van der Waals surface area contributed by atoms with Crippen LogP contribution in [-0.2, 0) is 4.79 Å². The first-order chi connectivity index (χ1) is 8.25. The molecule has 3 rings (SSSR count). The van der Waals surface area contributed by atoms with Gasteiger partial charge in [0.25, 0.3) is 0 Å². The highest BCUT2D eigenvalue weighted by Gasteiger charge is 2.49. The van der Waals surface area contributed by atoms with Crippen LogP contribution in [0.1, 0.15) is 83.5 Å². The molecule has 0 radical (unpaired) electrons. The Balaban J connectivity index is 1.80. The van der Waals surface area contributed by atoms with Crippen molar-refractivity contribution in [2.24, 2.45) is 10.8 Å². The first-order valence-electron chi connectivity index (χ1n) is 7.78. The van der Waals surface area contributed by atoms with Gasteiger partial charge in [0.05, 0.1) is 0 Å². The van der Waals surface area contributed by atoms with Crippen LogP contribution in [0.5, 0.6) is 0 Å². The van der Waals surface area contributed by atoms with E-state index in [-0.39, 0.29) is 5.41 Å². The fourth-order valence-corrected chi connectivity index (χ4v) is 4.96. The number of carbonyl (C=O) groups excluding carboxylic acids is 1. The topological polar surface area (TPSA) is 17.1 Å². The van der Waals surface area contributed by atoms with Crippen LogP contribution >= 0.6 is 0 Å². The molecular weight excluding hydrogens is 208 g/mol. The first kappa shape index (κ1) is 11.7. The van der Waals surface area contributed by atoms with Crippen LogP contribution < -0.4 is 0 Å². The van der Waals surface area contributed by atoms with Crippen molar-refractivity contribution in [3.05, 3.63) is 0 Å². The van der Waals surface area contributed by atoms with Gasteiger partial charge in [-0.05, 0) is 43.9 Å². The van der Waals surface area contributed by atoms with Crippen LogP contribution in [0.25, 0.3) is 0 Å². The zero-order chi connectivity index (χ0) is 11.8. The Morgan fingerprint density at radius 2 is 1.29 bits per heavy atom. The van der Waals surface area contributed by atoms with Gasteiger partial charge in [0.15, 0.2) is 0 Å². The number of ketones is 1. The number of carbonyl (C=O) groups is 1. The molecule has 1 heteroatoms. The normalized spacial score (nSPS) is 31.9. The summed E-state index contributed by atoms with van der Waals surface area (Å²) in [5.41, 5.74) is 0.733. The average molecular weight is 234 g/mol. The predicted octanol–water partition coefficient (Wildman–Crippen LogP) is 4.64. The standard InChI is InChI=1S/C16H26O/c17-14-7-12-15(8-3-1-4-9-15)13-16(14)10-5-2-6-11-16/h1-13H2. The van der Waals surface area contributed by atoms with Gasteiger partial charge in [-0.2, -0.15) is 0 Å². The molecule has 2 spiro atoms. The molecule has 0 aromatic carbocycles. The maximum Gasteiger partial charge on any atom is 0.139 e. The summed E-state index contributed by atoms with van der Waals surface area (Å²) in [7, 11) is 0. The molecule has 0 aromatic rings. The first-order valence-corrected chi connectivity index (χ1v) is 7.78. The molecule has 0 aromatic heterocycles. The van der Waals surface area contributed by atoms with E-state index in [1.807, 2.05) is 0 Å². The van der Waals surface area contributed by atoms with Gasteiger partial charge in [-0.15, -0.1) is 0 Å². The lowest BCUT2D eigenvalue weighted by Crippen LogP contribution is -2.45. The molecule has 96 valence electrons. The number of hydrogen-bond donors (Lipinski definition) is 0. The molecule has 0 saturated heterocycles. The molecule has 17 heavy (non-hydrogen) atoms. The molecule has 3 aliphatic carbocycles. The lowest BCUT2D eigenvalue weighted by atomic mass is 9.53. The Hall–Kier alpha value is -0.330. The largest absolute Gasteiger partial charge is 0.299 e. The average Bonchev–Trinajstić information content (AvgIpc) is 2.37. The quantitative estimate of drug-likeness (QED) is 0.596. The zero-order valence-corrected chi connectivity index (χ0v) is 11.1. The molecule has 0 amide bonds. The summed E-state index contributed by atoms with van der Waals surface area (Å²) in [6, 6.07) is 0. The summed E-state index contributed by atoms with van der Waals surface area (Å²) in [5.74, 6) is 0.633. The lowest BCUT2D eigenvalue weighted by Gasteiger charge is -2.50. The van der Waals surface area contributed by atoms with Crippen molar-refractivity contribution in [1.29, 1.82) is 0 Å². The molecule has 0 heterocycles. The van der Waals surface area contributed by atoms with E-state index in [0.29, 0.717) is 11.2 Å². The summed E-state index contributed by atoms with van der Waals surface area (Å²) in [4.78, 5) is 12.4. The van der Waals surface area contributed by atoms with Crippen molar-refractivity contribution >= 4 is 5.78 Å². The minimum Gasteiger partial charge on any atom is -0.299 e. The number of rotatable bonds is 0. The minimum atomic E-state index is 0.147. The highest BCUT2D eigenvalue weighted by atomic mass is 16.1. The summed E-state index contributed by atoms with van der Waals surface area (Å²) < 4.78 is 0. The van der Waals surface area contributed by atoms with Crippen LogP contribution in [0.4, 0.5) is 0 Å². The van der Waals surface area contributed by atoms with Crippen molar-refractivity contribution in [2.75, 3.05) is 0 Å². The molecule has 0 unspecified atom stereocenters. The summed E-state index contributed by atoms with van der Waals surface area (Å²) >= 11 is 0. The molecule has 3 fully saturated rings. The third-order valence-corrected chi connectivity index (χ3v) is 5.91. The van der Waals surface area contributed by atoms with Crippen molar-refractivity contribution in [2.45, 2.75) is 83.5 Å². The second-order valence-corrected chi connectivity index (χ2v) is 7.00. The third kappa shape index (κ3) is 2.06. The van der Waals surface area contributed by atoms with E-state index in [0.717, 1.165) is 6.42 Å². The van der Waals surface area contributed by atoms with Gasteiger partial charge < -0.3 is 0 Å². The van der Waals surface area contributed by atoms with Crippen LogP contribution in [0.3, 0.4) is 0 Å². The fourth-order valence-electron chi connectivity index (χ4n) is 4.96. The highest BCUT2D eigenvalue weighted by Crippen LogP contribution is 2.56. The predicted molar refractivity (Wildman–Crippen MR) is 69.9 cm³/mol. The van der Waals surface area contributed by atoms with E-state index in [1.54, 1.807) is 0 Å². The van der Waals surface area contributed by atoms with Crippen LogP contribution in [0.2, 0.25) is 0 Å². The van der Waals surface area contributed by atoms with Gasteiger partial charge in [0.2, 0.25) is 0 Å². The van der Waals surface area contributed by atoms with E-state index in [4.69, 9.17) is 0 Å². The fraction of sp³-hybridized carbons (Fsp3) is 0.938. The van der Waals surface area contributed by atoms with Crippen LogP contribution in [0.15, 0.2) is 0 Å². The summed E-state index contributed by atoms with van der Waals surface area (Å²) in [6.45, 7) is 0. The maximum absolute atomic E-state index is 12.4. The van der Waals surface area contributed by atoms with Crippen LogP contribution in [0, 0.1) is 10.8 Å². The molecule has 3 aliphatic rings. The van der Waals surface area contributed by atoms with E-state index in [1.165, 1.54) is 77.0 Å². The van der Waals surface area contributed by atoms with E-state index >= 15 is 0 Å². The van der Waals surface area contributed by atoms with Crippen LogP contribution in [-0.4, -0.2) is 5.78 Å². The smallest absolute Gasteiger partial charge is 0.139 e. The summed E-state index contributed by atoms with van der Waals surface area (Å²) in [6.07, 6.45) is 16.9. The van der Waals surface area contributed by atoms with Crippen molar-refractivity contribution in [3.8, 4) is 0 Å². The third-order valence-electron chi connectivity index (χ3n) is 5.91. The molecule has 0 atom stereocenters. The van der Waals surface area contributed by atoms with Gasteiger partial charge in [0, 0.05) is 11.8 Å². The van der Waals surface area contributed by atoms with E-state index in [2.05, 4.69) is 0 Å². The van der Waals surface area contributed by atoms with Gasteiger partial charge in [0.1, 0.15) is 5.78 Å². The molecule has 1 nitrogen and oxygen atoms in total. The van der Waals surface area contributed by atoms with Crippen molar-refractivity contribution in [3.63, 3.8) is 0 Å². The molecule has 3 saturated carbocycles. The second-order valence-electron chi connectivity index (χ2n) is 7.00. The van der Waals surface area contributed by atoms with Crippen molar-refractivity contribution < 1.29 is 4.79 Å². The van der Waals surface area contributed by atoms with Gasteiger partial charge in [-0.3, -0.25) is 4.79 Å². The maximum atomic E-state index is 12.4. The Morgan fingerprint density at radius 1 is 0.706 bits per heavy atom. The molecule has 0 bridgehead atoms. The minimum absolute atomic E-state index is 0.147. The van der Waals surface area contributed by atoms with Gasteiger partial charge in [-0.25, -0.2) is 0 Å². The molecule has 0 aliphatic heterocycles. The summed E-state index contributed by atoms with van der Waals surface area (Å²) in [5, 5.41) is 0. The second kappa shape index (κ2) is 4.40. The Kier molecular flexibility index (Phi) is 3.04. The number of hydrogen-bond acceptors (Lipinski definition) is 1. The number of Topliss-reactive ketones (excluding diaryl/α,β-unsaturated/α-hetero) is 1. The van der Waals surface area contributed by atoms with E-state index in [9.17, 15) is 4.79 Å². The van der Waals surface area contributed by atoms with E-state index < -0.39 is 0 Å².